The Kier molecular flexibility index (Phi) is 2.35. The van der Waals surface area contributed by atoms with Crippen LogP contribution in [-0.4, -0.2) is 16.8 Å². The molecule has 122 valence electrons. The predicted molar refractivity (Wildman–Crippen MR) is 103 cm³/mol. The average molecular weight is 336 g/mol. The Morgan fingerprint density at radius 1 is 0.615 bits per heavy atom. The van der Waals surface area contributed by atoms with E-state index in [9.17, 15) is 9.59 Å². The standard InChI is InChI=1S/C22H12N2O2/c25-21-18-14-10-9-11-5-1-2-6-12(11)16(14)20-17(19(18)22(26)24-21)13-7-3-4-8-15(13)23-20/h1-10,23H,(H,24,25,26). The Morgan fingerprint density at radius 2 is 1.35 bits per heavy atom. The lowest BCUT2D eigenvalue weighted by atomic mass is 9.92. The van der Waals surface area contributed by atoms with Gasteiger partial charge < -0.3 is 4.98 Å². The molecule has 4 nitrogen and oxygen atoms in total. The maximum absolute atomic E-state index is 12.6. The van der Waals surface area contributed by atoms with Crippen LogP contribution in [0.5, 0.6) is 0 Å². The van der Waals surface area contributed by atoms with Gasteiger partial charge in [0.25, 0.3) is 11.8 Å². The lowest BCUT2D eigenvalue weighted by molar-refractivity contribution is 0.0880. The number of carbonyl (C=O) groups excluding carboxylic acids is 2. The molecule has 0 aliphatic carbocycles. The summed E-state index contributed by atoms with van der Waals surface area (Å²) in [6.07, 6.45) is 0. The van der Waals surface area contributed by atoms with Gasteiger partial charge in [-0.25, -0.2) is 0 Å². The van der Waals surface area contributed by atoms with Crippen molar-refractivity contribution >= 4 is 55.2 Å². The third-order valence-electron chi connectivity index (χ3n) is 5.34. The molecule has 5 aromatic rings. The molecular weight excluding hydrogens is 324 g/mol. The summed E-state index contributed by atoms with van der Waals surface area (Å²) in [6.45, 7) is 0. The molecule has 4 heteroatoms. The SMILES string of the molecule is O=C1NC(=O)c2c1c1ccc3ccccc3c1c1[nH]c3ccccc3c21. The zero-order chi connectivity index (χ0) is 17.4. The van der Waals surface area contributed by atoms with E-state index in [1.807, 2.05) is 48.5 Å². The molecule has 0 bridgehead atoms. The first-order valence-corrected chi connectivity index (χ1v) is 8.47. The van der Waals surface area contributed by atoms with Gasteiger partial charge in [-0.05, 0) is 22.2 Å². The molecule has 0 atom stereocenters. The molecule has 1 aromatic heterocycles. The predicted octanol–water partition coefficient (Wildman–Crippen LogP) is 4.51. The Labute approximate surface area is 147 Å². The number of H-pyrrole nitrogens is 1. The zero-order valence-electron chi connectivity index (χ0n) is 13.6. The third kappa shape index (κ3) is 1.49. The summed E-state index contributed by atoms with van der Waals surface area (Å²) in [7, 11) is 0. The van der Waals surface area contributed by atoms with Crippen LogP contribution in [0, 0.1) is 0 Å². The van der Waals surface area contributed by atoms with Crippen molar-refractivity contribution in [3.8, 4) is 0 Å². The average Bonchev–Trinajstić information content (AvgIpc) is 3.18. The Hall–Kier alpha value is -3.66. The highest BCUT2D eigenvalue weighted by molar-refractivity contribution is 6.39. The molecule has 1 aliphatic rings. The van der Waals surface area contributed by atoms with Gasteiger partial charge in [0.2, 0.25) is 0 Å². The van der Waals surface area contributed by atoms with Crippen molar-refractivity contribution in [3.63, 3.8) is 0 Å². The van der Waals surface area contributed by atoms with E-state index in [4.69, 9.17) is 0 Å². The Balaban J connectivity index is 2.04. The topological polar surface area (TPSA) is 62.0 Å². The van der Waals surface area contributed by atoms with E-state index in [0.717, 1.165) is 43.4 Å². The number of hydrogen-bond acceptors (Lipinski definition) is 2. The second-order valence-corrected chi connectivity index (χ2v) is 6.66. The molecular formula is C22H12N2O2. The van der Waals surface area contributed by atoms with Crippen LogP contribution >= 0.6 is 0 Å². The van der Waals surface area contributed by atoms with E-state index < -0.39 is 0 Å². The second kappa shape index (κ2) is 4.49. The van der Waals surface area contributed by atoms with Crippen LogP contribution in [-0.2, 0) is 0 Å². The maximum Gasteiger partial charge on any atom is 0.259 e. The lowest BCUT2D eigenvalue weighted by Crippen LogP contribution is -2.20. The van der Waals surface area contributed by atoms with Crippen molar-refractivity contribution in [1.82, 2.24) is 10.3 Å². The van der Waals surface area contributed by atoms with Crippen LogP contribution in [0.25, 0.3) is 43.4 Å². The van der Waals surface area contributed by atoms with Gasteiger partial charge in [-0.1, -0.05) is 54.6 Å². The molecule has 0 spiro atoms. The van der Waals surface area contributed by atoms with E-state index in [1.165, 1.54) is 0 Å². The van der Waals surface area contributed by atoms with Crippen LogP contribution in [0.3, 0.4) is 0 Å². The van der Waals surface area contributed by atoms with Crippen LogP contribution in [0.4, 0.5) is 0 Å². The van der Waals surface area contributed by atoms with Crippen molar-refractivity contribution in [1.29, 1.82) is 0 Å². The summed E-state index contributed by atoms with van der Waals surface area (Å²) in [5, 5.41) is 8.21. The second-order valence-electron chi connectivity index (χ2n) is 6.66. The maximum atomic E-state index is 12.6. The van der Waals surface area contributed by atoms with Crippen molar-refractivity contribution in [2.45, 2.75) is 0 Å². The van der Waals surface area contributed by atoms with E-state index in [2.05, 4.69) is 22.4 Å². The fourth-order valence-electron chi connectivity index (χ4n) is 4.29. The summed E-state index contributed by atoms with van der Waals surface area (Å²) in [5.74, 6) is -0.646. The monoisotopic (exact) mass is 336 g/mol. The summed E-state index contributed by atoms with van der Waals surface area (Å²) < 4.78 is 0. The molecule has 1 aliphatic heterocycles. The molecule has 0 unspecified atom stereocenters. The minimum absolute atomic E-state index is 0.322. The zero-order valence-corrected chi connectivity index (χ0v) is 13.6. The Morgan fingerprint density at radius 3 is 2.23 bits per heavy atom. The first-order chi connectivity index (χ1) is 12.7. The van der Waals surface area contributed by atoms with E-state index in [-0.39, 0.29) is 11.8 Å². The van der Waals surface area contributed by atoms with Crippen molar-refractivity contribution in [2.75, 3.05) is 0 Å². The minimum atomic E-state index is -0.324. The van der Waals surface area contributed by atoms with Gasteiger partial charge in [0.1, 0.15) is 0 Å². The third-order valence-corrected chi connectivity index (χ3v) is 5.34. The van der Waals surface area contributed by atoms with Crippen LogP contribution in [0.2, 0.25) is 0 Å². The summed E-state index contributed by atoms with van der Waals surface area (Å²) >= 11 is 0. The van der Waals surface area contributed by atoms with Crippen LogP contribution in [0.1, 0.15) is 20.7 Å². The molecule has 0 saturated heterocycles. The van der Waals surface area contributed by atoms with Gasteiger partial charge in [0.15, 0.2) is 0 Å². The first kappa shape index (κ1) is 13.6. The summed E-state index contributed by atoms with van der Waals surface area (Å²) in [5.41, 5.74) is 2.82. The van der Waals surface area contributed by atoms with Crippen molar-refractivity contribution in [3.05, 3.63) is 71.8 Å². The highest BCUT2D eigenvalue weighted by atomic mass is 16.2. The lowest BCUT2D eigenvalue weighted by Gasteiger charge is -2.09. The molecule has 2 N–H and O–H groups in total. The molecule has 2 amide bonds. The highest BCUT2D eigenvalue weighted by Crippen LogP contribution is 2.41. The van der Waals surface area contributed by atoms with Gasteiger partial charge in [-0.3, -0.25) is 14.9 Å². The normalized spacial score (nSPS) is 13.8. The number of carbonyl (C=O) groups is 2. The largest absolute Gasteiger partial charge is 0.354 e. The van der Waals surface area contributed by atoms with Crippen LogP contribution < -0.4 is 5.32 Å². The molecule has 0 saturated carbocycles. The molecule has 2 heterocycles. The molecule has 6 rings (SSSR count). The first-order valence-electron chi connectivity index (χ1n) is 8.47. The van der Waals surface area contributed by atoms with Crippen LogP contribution in [0.15, 0.2) is 60.7 Å². The van der Waals surface area contributed by atoms with Crippen molar-refractivity contribution in [2.24, 2.45) is 0 Å². The van der Waals surface area contributed by atoms with Gasteiger partial charge in [-0.2, -0.15) is 0 Å². The van der Waals surface area contributed by atoms with Gasteiger partial charge >= 0.3 is 0 Å². The number of amides is 2. The van der Waals surface area contributed by atoms with E-state index in [0.29, 0.717) is 11.1 Å². The number of imide groups is 1. The number of fused-ring (bicyclic) bond motifs is 10. The number of nitrogens with one attached hydrogen (secondary N) is 2. The number of para-hydroxylation sites is 1. The number of benzene rings is 4. The number of hydrogen-bond donors (Lipinski definition) is 2. The summed E-state index contributed by atoms with van der Waals surface area (Å²) in [4.78, 5) is 28.7. The molecule has 0 radical (unpaired) electrons. The fourth-order valence-corrected chi connectivity index (χ4v) is 4.29. The van der Waals surface area contributed by atoms with E-state index >= 15 is 0 Å². The minimum Gasteiger partial charge on any atom is -0.354 e. The summed E-state index contributed by atoms with van der Waals surface area (Å²) in [6, 6.07) is 19.9. The van der Waals surface area contributed by atoms with E-state index in [1.54, 1.807) is 0 Å². The van der Waals surface area contributed by atoms with Gasteiger partial charge in [0, 0.05) is 21.7 Å². The molecule has 4 aromatic carbocycles. The quantitative estimate of drug-likeness (QED) is 0.323. The molecule has 26 heavy (non-hydrogen) atoms. The van der Waals surface area contributed by atoms with Crippen molar-refractivity contribution < 1.29 is 9.59 Å². The van der Waals surface area contributed by atoms with Gasteiger partial charge in [-0.15, -0.1) is 0 Å². The van der Waals surface area contributed by atoms with Gasteiger partial charge in [0.05, 0.1) is 16.6 Å². The number of aromatic nitrogens is 1. The smallest absolute Gasteiger partial charge is 0.259 e. The fraction of sp³-hybridized carbons (Fsp3) is 0. The molecule has 0 fully saturated rings. The number of rotatable bonds is 0. The highest BCUT2D eigenvalue weighted by Gasteiger charge is 2.33. The Bertz CT molecular complexity index is 1440. The number of aromatic amines is 1.